The molecule has 1 amide bonds. The zero-order valence-corrected chi connectivity index (χ0v) is 11.5. The van der Waals surface area contributed by atoms with Gasteiger partial charge < -0.3 is 15.4 Å². The van der Waals surface area contributed by atoms with Crippen LogP contribution in [0.5, 0.6) is 0 Å². The Morgan fingerprint density at radius 1 is 1.47 bits per heavy atom. The van der Waals surface area contributed by atoms with Gasteiger partial charge in [0.1, 0.15) is 17.5 Å². The fourth-order valence-electron chi connectivity index (χ4n) is 2.13. The average Bonchev–Trinajstić information content (AvgIpc) is 2.92. The molecule has 5 heteroatoms. The minimum atomic E-state index is -0.217. The van der Waals surface area contributed by atoms with E-state index < -0.39 is 0 Å². The van der Waals surface area contributed by atoms with Crippen LogP contribution in [0.1, 0.15) is 49.3 Å². The summed E-state index contributed by atoms with van der Waals surface area (Å²) in [6.07, 6.45) is 2.48. The van der Waals surface area contributed by atoms with Gasteiger partial charge >= 0.3 is 0 Å². The quantitative estimate of drug-likeness (QED) is 0.701. The smallest absolute Gasteiger partial charge is 0.267 e. The van der Waals surface area contributed by atoms with Gasteiger partial charge in [0.05, 0.1) is 0 Å². The summed E-state index contributed by atoms with van der Waals surface area (Å²) in [4.78, 5) is 14.7. The molecule has 5 nitrogen and oxygen atoms in total. The van der Waals surface area contributed by atoms with Crippen molar-refractivity contribution in [3.05, 3.63) is 23.5 Å². The summed E-state index contributed by atoms with van der Waals surface area (Å²) in [7, 11) is 0. The Morgan fingerprint density at radius 3 is 2.63 bits per heavy atom. The Labute approximate surface area is 113 Å². The molecule has 1 rings (SSSR count). The molecule has 0 spiro atoms. The van der Waals surface area contributed by atoms with E-state index in [1.165, 1.54) is 0 Å². The van der Waals surface area contributed by atoms with Crippen LogP contribution in [0.4, 0.5) is 0 Å². The number of hydrogen-bond acceptors (Lipinski definition) is 3. The van der Waals surface area contributed by atoms with Crippen molar-refractivity contribution in [1.29, 1.82) is 5.26 Å². The van der Waals surface area contributed by atoms with Crippen molar-refractivity contribution >= 4 is 5.91 Å². The lowest BCUT2D eigenvalue weighted by Gasteiger charge is -2.31. The van der Waals surface area contributed by atoms with Crippen molar-refractivity contribution in [3.8, 4) is 6.07 Å². The van der Waals surface area contributed by atoms with Crippen LogP contribution in [0.2, 0.25) is 0 Å². The van der Waals surface area contributed by atoms with E-state index in [2.05, 4.69) is 24.1 Å². The molecule has 0 aliphatic carbocycles. The number of rotatable bonds is 7. The first-order chi connectivity index (χ1) is 9.10. The summed E-state index contributed by atoms with van der Waals surface area (Å²) >= 11 is 0. The number of aromatic amines is 1. The lowest BCUT2D eigenvalue weighted by atomic mass is 9.79. The van der Waals surface area contributed by atoms with Crippen LogP contribution in [-0.2, 0) is 0 Å². The second-order valence-electron chi connectivity index (χ2n) is 4.76. The number of nitrogens with one attached hydrogen (secondary N) is 2. The molecule has 0 saturated carbocycles. The van der Waals surface area contributed by atoms with Crippen LogP contribution in [-0.4, -0.2) is 29.1 Å². The summed E-state index contributed by atoms with van der Waals surface area (Å²) in [5, 5.41) is 20.7. The summed E-state index contributed by atoms with van der Waals surface area (Å²) < 4.78 is 0. The van der Waals surface area contributed by atoms with Gasteiger partial charge in [-0.3, -0.25) is 4.79 Å². The number of nitriles is 1. The van der Waals surface area contributed by atoms with Gasteiger partial charge in [0, 0.05) is 13.2 Å². The highest BCUT2D eigenvalue weighted by Crippen LogP contribution is 2.29. The van der Waals surface area contributed by atoms with Crippen LogP contribution in [0.3, 0.4) is 0 Å². The van der Waals surface area contributed by atoms with E-state index in [4.69, 9.17) is 10.4 Å². The molecule has 0 bridgehead atoms. The van der Waals surface area contributed by atoms with Crippen LogP contribution >= 0.6 is 0 Å². The molecule has 0 atom stereocenters. The van der Waals surface area contributed by atoms with Crippen LogP contribution < -0.4 is 5.32 Å². The van der Waals surface area contributed by atoms with Gasteiger partial charge in [-0.05, 0) is 36.8 Å². The molecule has 1 aromatic rings. The summed E-state index contributed by atoms with van der Waals surface area (Å²) in [6.45, 7) is 4.78. The first kappa shape index (κ1) is 15.3. The summed E-state index contributed by atoms with van der Waals surface area (Å²) in [5.41, 5.74) is 0.703. The number of H-pyrrole nitrogens is 1. The molecule has 0 aliphatic heterocycles. The van der Waals surface area contributed by atoms with Crippen molar-refractivity contribution in [2.45, 2.75) is 33.1 Å². The third-order valence-electron chi connectivity index (χ3n) is 3.82. The van der Waals surface area contributed by atoms with Gasteiger partial charge in [0.2, 0.25) is 0 Å². The number of aliphatic hydroxyl groups excluding tert-OH is 1. The molecule has 1 aromatic heterocycles. The average molecular weight is 263 g/mol. The van der Waals surface area contributed by atoms with Crippen LogP contribution in [0.25, 0.3) is 0 Å². The predicted octanol–water partition coefficient (Wildman–Crippen LogP) is 1.80. The SMILES string of the molecule is CCC(CC)(CCO)CNC(=O)c1ccc(C#N)[nH]1. The topological polar surface area (TPSA) is 88.9 Å². The maximum absolute atomic E-state index is 11.9. The highest BCUT2D eigenvalue weighted by atomic mass is 16.3. The lowest BCUT2D eigenvalue weighted by Crippen LogP contribution is -2.37. The number of amides is 1. The monoisotopic (exact) mass is 263 g/mol. The van der Waals surface area contributed by atoms with E-state index in [9.17, 15) is 4.79 Å². The number of carbonyl (C=O) groups excluding carboxylic acids is 1. The second-order valence-corrected chi connectivity index (χ2v) is 4.76. The van der Waals surface area contributed by atoms with E-state index >= 15 is 0 Å². The van der Waals surface area contributed by atoms with E-state index in [0.717, 1.165) is 12.8 Å². The molecule has 19 heavy (non-hydrogen) atoms. The fourth-order valence-corrected chi connectivity index (χ4v) is 2.13. The molecule has 104 valence electrons. The van der Waals surface area contributed by atoms with Gasteiger partial charge in [-0.2, -0.15) is 5.26 Å². The highest BCUT2D eigenvalue weighted by molar-refractivity contribution is 5.92. The first-order valence-electron chi connectivity index (χ1n) is 6.59. The summed E-state index contributed by atoms with van der Waals surface area (Å²) in [6, 6.07) is 5.12. The van der Waals surface area contributed by atoms with Gasteiger partial charge in [0.25, 0.3) is 5.91 Å². The molecular formula is C14H21N3O2. The minimum absolute atomic E-state index is 0.0605. The van der Waals surface area contributed by atoms with E-state index in [1.807, 2.05) is 6.07 Å². The molecule has 0 radical (unpaired) electrons. The Balaban J connectivity index is 2.64. The number of nitrogens with zero attached hydrogens (tertiary/aromatic N) is 1. The standard InChI is InChI=1S/C14H21N3O2/c1-3-14(4-2,7-8-18)10-16-13(19)12-6-5-11(9-15)17-12/h5-6,17-18H,3-4,7-8,10H2,1-2H3,(H,16,19). The Bertz CT molecular complexity index is 456. The minimum Gasteiger partial charge on any atom is -0.396 e. The number of carbonyl (C=O) groups is 1. The van der Waals surface area contributed by atoms with E-state index in [0.29, 0.717) is 24.4 Å². The molecular weight excluding hydrogens is 242 g/mol. The third-order valence-corrected chi connectivity index (χ3v) is 3.82. The van der Waals surface area contributed by atoms with Crippen molar-refractivity contribution in [3.63, 3.8) is 0 Å². The van der Waals surface area contributed by atoms with Gasteiger partial charge in [0.15, 0.2) is 0 Å². The molecule has 1 heterocycles. The molecule has 0 unspecified atom stereocenters. The fraction of sp³-hybridized carbons (Fsp3) is 0.571. The van der Waals surface area contributed by atoms with Gasteiger partial charge in [-0.15, -0.1) is 0 Å². The Hall–Kier alpha value is -1.80. The zero-order valence-electron chi connectivity index (χ0n) is 11.5. The van der Waals surface area contributed by atoms with E-state index in [1.54, 1.807) is 12.1 Å². The van der Waals surface area contributed by atoms with Crippen molar-refractivity contribution in [2.24, 2.45) is 5.41 Å². The summed E-state index contributed by atoms with van der Waals surface area (Å²) in [5.74, 6) is -0.217. The van der Waals surface area contributed by atoms with E-state index in [-0.39, 0.29) is 17.9 Å². The molecule has 0 aliphatic rings. The Kier molecular flexibility index (Phi) is 5.58. The third kappa shape index (κ3) is 3.83. The van der Waals surface area contributed by atoms with Crippen molar-refractivity contribution in [2.75, 3.05) is 13.2 Å². The normalized spacial score (nSPS) is 11.1. The maximum atomic E-state index is 11.9. The maximum Gasteiger partial charge on any atom is 0.267 e. The van der Waals surface area contributed by atoms with Crippen molar-refractivity contribution < 1.29 is 9.90 Å². The Morgan fingerprint density at radius 2 is 2.16 bits per heavy atom. The second kappa shape index (κ2) is 6.95. The van der Waals surface area contributed by atoms with Crippen LogP contribution in [0, 0.1) is 16.7 Å². The van der Waals surface area contributed by atoms with Gasteiger partial charge in [-0.1, -0.05) is 13.8 Å². The lowest BCUT2D eigenvalue weighted by molar-refractivity contribution is 0.0903. The number of hydrogen-bond donors (Lipinski definition) is 3. The first-order valence-corrected chi connectivity index (χ1v) is 6.59. The van der Waals surface area contributed by atoms with Crippen molar-refractivity contribution in [1.82, 2.24) is 10.3 Å². The van der Waals surface area contributed by atoms with Gasteiger partial charge in [-0.25, -0.2) is 0 Å². The molecule has 3 N–H and O–H groups in total. The molecule has 0 fully saturated rings. The molecule has 0 saturated heterocycles. The van der Waals surface area contributed by atoms with Crippen LogP contribution in [0.15, 0.2) is 12.1 Å². The highest BCUT2D eigenvalue weighted by Gasteiger charge is 2.26. The molecule has 0 aromatic carbocycles. The largest absolute Gasteiger partial charge is 0.396 e. The zero-order chi connectivity index (χ0) is 14.3. The predicted molar refractivity (Wildman–Crippen MR) is 72.6 cm³/mol. The number of aliphatic hydroxyl groups is 1. The number of aromatic nitrogens is 1.